The van der Waals surface area contributed by atoms with E-state index in [0.29, 0.717) is 27.5 Å². The number of furan rings is 1. The molecule has 0 spiro atoms. The summed E-state index contributed by atoms with van der Waals surface area (Å²) in [6.07, 6.45) is 1.66. The molecule has 124 valence electrons. The van der Waals surface area contributed by atoms with Gasteiger partial charge in [0, 0.05) is 17.4 Å². The Morgan fingerprint density at radius 2 is 2.04 bits per heavy atom. The summed E-state index contributed by atoms with van der Waals surface area (Å²) >= 11 is 3.19. The highest BCUT2D eigenvalue weighted by molar-refractivity contribution is 9.10. The Hall–Kier alpha value is -2.93. The molecule has 6 nitrogen and oxygen atoms in total. The molecule has 0 bridgehead atoms. The largest absolute Gasteiger partial charge is 0.444 e. The maximum Gasteiger partial charge on any atom is 0.291 e. The normalized spacial score (nSPS) is 11.0. The van der Waals surface area contributed by atoms with Crippen LogP contribution in [0.5, 0.6) is 0 Å². The minimum absolute atomic E-state index is 0.225. The number of nitrogens with one attached hydrogen (secondary N) is 1. The smallest absolute Gasteiger partial charge is 0.291 e. The lowest BCUT2D eigenvalue weighted by atomic mass is 10.1. The number of aryl methyl sites for hydroxylation is 1. The van der Waals surface area contributed by atoms with Gasteiger partial charge in [-0.2, -0.15) is 4.98 Å². The van der Waals surface area contributed by atoms with Crippen LogP contribution >= 0.6 is 15.9 Å². The maximum absolute atomic E-state index is 12.3. The molecule has 3 aromatic heterocycles. The first-order chi connectivity index (χ1) is 12.1. The van der Waals surface area contributed by atoms with Crippen LogP contribution in [0.3, 0.4) is 0 Å². The third-order valence-electron chi connectivity index (χ3n) is 3.69. The van der Waals surface area contributed by atoms with E-state index < -0.39 is 0 Å². The molecular weight excluding hydrogens is 386 g/mol. The summed E-state index contributed by atoms with van der Waals surface area (Å²) in [4.78, 5) is 20.8. The molecule has 3 heterocycles. The van der Waals surface area contributed by atoms with Crippen molar-refractivity contribution in [2.45, 2.75) is 6.92 Å². The SMILES string of the molecule is Cc1ccc(-c2nc3ncccc3o2)cc1NC(=O)c1ccc(Br)o1. The number of amides is 1. The number of hydrogen-bond donors (Lipinski definition) is 1. The van der Waals surface area contributed by atoms with E-state index in [-0.39, 0.29) is 11.7 Å². The van der Waals surface area contributed by atoms with Crippen LogP contribution < -0.4 is 5.32 Å². The predicted molar refractivity (Wildman–Crippen MR) is 96.3 cm³/mol. The Morgan fingerprint density at radius 1 is 1.16 bits per heavy atom. The lowest BCUT2D eigenvalue weighted by Crippen LogP contribution is -2.11. The second-order valence-electron chi connectivity index (χ2n) is 5.43. The highest BCUT2D eigenvalue weighted by Crippen LogP contribution is 2.27. The van der Waals surface area contributed by atoms with Crippen LogP contribution in [0.1, 0.15) is 16.1 Å². The van der Waals surface area contributed by atoms with Crippen LogP contribution in [0.15, 0.2) is 62.2 Å². The molecule has 0 aliphatic rings. The molecule has 25 heavy (non-hydrogen) atoms. The first-order valence-electron chi connectivity index (χ1n) is 7.49. The van der Waals surface area contributed by atoms with Crippen molar-refractivity contribution in [3.8, 4) is 11.5 Å². The third kappa shape index (κ3) is 3.06. The predicted octanol–water partition coefficient (Wildman–Crippen LogP) is 4.81. The molecule has 0 fully saturated rings. The first kappa shape index (κ1) is 15.6. The van der Waals surface area contributed by atoms with Gasteiger partial charge in [-0.15, -0.1) is 0 Å². The van der Waals surface area contributed by atoms with Crippen molar-refractivity contribution in [2.24, 2.45) is 0 Å². The van der Waals surface area contributed by atoms with Gasteiger partial charge in [-0.05, 0) is 64.8 Å². The maximum atomic E-state index is 12.3. The average molecular weight is 398 g/mol. The lowest BCUT2D eigenvalue weighted by Gasteiger charge is -2.08. The Morgan fingerprint density at radius 3 is 2.80 bits per heavy atom. The summed E-state index contributed by atoms with van der Waals surface area (Å²) in [6, 6.07) is 12.5. The fourth-order valence-electron chi connectivity index (χ4n) is 2.40. The number of carbonyl (C=O) groups is 1. The van der Waals surface area contributed by atoms with Crippen LogP contribution in [0.4, 0.5) is 5.69 Å². The summed E-state index contributed by atoms with van der Waals surface area (Å²) in [5.41, 5.74) is 3.48. The lowest BCUT2D eigenvalue weighted by molar-refractivity contribution is 0.0995. The van der Waals surface area contributed by atoms with E-state index in [1.54, 1.807) is 24.4 Å². The standard InChI is InChI=1S/C18H12BrN3O3/c1-10-4-5-11(18-22-16-13(25-18)3-2-8-20-16)9-12(10)21-17(23)14-6-7-15(19)24-14/h2-9H,1H3,(H,21,23). The minimum Gasteiger partial charge on any atom is -0.444 e. The van der Waals surface area contributed by atoms with E-state index in [2.05, 4.69) is 31.2 Å². The summed E-state index contributed by atoms with van der Waals surface area (Å²) in [7, 11) is 0. The topological polar surface area (TPSA) is 81.2 Å². The molecule has 1 aromatic carbocycles. The molecule has 0 aliphatic carbocycles. The van der Waals surface area contributed by atoms with Gasteiger partial charge < -0.3 is 14.2 Å². The van der Waals surface area contributed by atoms with E-state index in [4.69, 9.17) is 8.83 Å². The molecule has 0 saturated carbocycles. The molecule has 0 unspecified atom stereocenters. The van der Waals surface area contributed by atoms with Gasteiger partial charge in [0.2, 0.25) is 5.89 Å². The molecule has 4 aromatic rings. The van der Waals surface area contributed by atoms with Crippen molar-refractivity contribution in [3.63, 3.8) is 0 Å². The van der Waals surface area contributed by atoms with Crippen LogP contribution in [-0.2, 0) is 0 Å². The van der Waals surface area contributed by atoms with Crippen LogP contribution in [0.2, 0.25) is 0 Å². The fourth-order valence-corrected chi connectivity index (χ4v) is 2.71. The highest BCUT2D eigenvalue weighted by atomic mass is 79.9. The van der Waals surface area contributed by atoms with Gasteiger partial charge in [0.1, 0.15) is 0 Å². The number of oxazole rings is 1. The molecule has 0 radical (unpaired) electrons. The van der Waals surface area contributed by atoms with Gasteiger partial charge in [0.15, 0.2) is 21.7 Å². The zero-order valence-electron chi connectivity index (χ0n) is 13.1. The average Bonchev–Trinajstić information content (AvgIpc) is 3.23. The highest BCUT2D eigenvalue weighted by Gasteiger charge is 2.14. The number of halogens is 1. The molecule has 0 saturated heterocycles. The molecule has 0 aliphatic heterocycles. The van der Waals surface area contributed by atoms with Gasteiger partial charge in [0.05, 0.1) is 0 Å². The number of benzene rings is 1. The fraction of sp³-hybridized carbons (Fsp3) is 0.0556. The van der Waals surface area contributed by atoms with Crippen molar-refractivity contribution in [2.75, 3.05) is 5.32 Å². The van der Waals surface area contributed by atoms with Crippen molar-refractivity contribution >= 4 is 38.8 Å². The second-order valence-corrected chi connectivity index (χ2v) is 6.21. The van der Waals surface area contributed by atoms with Crippen LogP contribution in [-0.4, -0.2) is 15.9 Å². The molecular formula is C18H12BrN3O3. The zero-order valence-corrected chi connectivity index (χ0v) is 14.7. The summed E-state index contributed by atoms with van der Waals surface area (Å²) in [5, 5.41) is 2.85. The Balaban J connectivity index is 1.67. The molecule has 1 N–H and O–H groups in total. The van der Waals surface area contributed by atoms with Crippen molar-refractivity contribution in [1.29, 1.82) is 0 Å². The number of carbonyl (C=O) groups excluding carboxylic acids is 1. The number of anilines is 1. The molecule has 4 rings (SSSR count). The number of pyridine rings is 1. The van der Waals surface area contributed by atoms with E-state index >= 15 is 0 Å². The Bertz CT molecular complexity index is 1050. The van der Waals surface area contributed by atoms with Crippen LogP contribution in [0, 0.1) is 6.92 Å². The van der Waals surface area contributed by atoms with E-state index in [9.17, 15) is 4.79 Å². The summed E-state index contributed by atoms with van der Waals surface area (Å²) < 4.78 is 11.5. The number of rotatable bonds is 3. The molecule has 0 atom stereocenters. The number of hydrogen-bond acceptors (Lipinski definition) is 5. The number of nitrogens with zero attached hydrogens (tertiary/aromatic N) is 2. The monoisotopic (exact) mass is 397 g/mol. The minimum atomic E-state index is -0.329. The molecule has 7 heteroatoms. The van der Waals surface area contributed by atoms with Gasteiger partial charge in [-0.25, -0.2) is 4.98 Å². The van der Waals surface area contributed by atoms with E-state index in [1.165, 1.54) is 0 Å². The first-order valence-corrected chi connectivity index (χ1v) is 8.29. The zero-order chi connectivity index (χ0) is 17.4. The van der Waals surface area contributed by atoms with Gasteiger partial charge in [-0.3, -0.25) is 4.79 Å². The van der Waals surface area contributed by atoms with Gasteiger partial charge in [0.25, 0.3) is 5.91 Å². The third-order valence-corrected chi connectivity index (χ3v) is 4.12. The Kier molecular flexibility index (Phi) is 3.85. The van der Waals surface area contributed by atoms with E-state index in [0.717, 1.165) is 11.1 Å². The Labute approximate surface area is 151 Å². The number of aromatic nitrogens is 2. The van der Waals surface area contributed by atoms with Gasteiger partial charge >= 0.3 is 0 Å². The van der Waals surface area contributed by atoms with Crippen molar-refractivity contribution in [3.05, 3.63) is 64.7 Å². The summed E-state index contributed by atoms with van der Waals surface area (Å²) in [5.74, 6) is 0.345. The second kappa shape index (κ2) is 6.18. The van der Waals surface area contributed by atoms with Crippen molar-refractivity contribution in [1.82, 2.24) is 9.97 Å². The van der Waals surface area contributed by atoms with Crippen LogP contribution in [0.25, 0.3) is 22.7 Å². The summed E-state index contributed by atoms with van der Waals surface area (Å²) in [6.45, 7) is 1.91. The number of fused-ring (bicyclic) bond motifs is 1. The van der Waals surface area contributed by atoms with E-state index in [1.807, 2.05) is 31.2 Å². The van der Waals surface area contributed by atoms with Gasteiger partial charge in [-0.1, -0.05) is 6.07 Å². The van der Waals surface area contributed by atoms with Crippen molar-refractivity contribution < 1.29 is 13.6 Å². The quantitative estimate of drug-likeness (QED) is 0.536. The molecule has 1 amide bonds.